The topological polar surface area (TPSA) is 155 Å². The fourth-order valence-electron chi connectivity index (χ4n) is 5.13. The molecule has 226 valence electrons. The average molecular weight is 575 g/mol. The van der Waals surface area contributed by atoms with E-state index in [1.807, 2.05) is 30.3 Å². The van der Waals surface area contributed by atoms with Crippen LogP contribution >= 0.6 is 0 Å². The van der Waals surface area contributed by atoms with Gasteiger partial charge in [0, 0.05) is 52.7 Å². The SMILES string of the molecule is COCCC(=O)N[C@@H](CNC(=O)[C@@H]1CCCN(C(=O)CCC2CCN(C(=O)OCc3ccccc3)CC2)C1)C(=O)O. The number of ether oxygens (including phenoxy) is 2. The second kappa shape index (κ2) is 16.6. The number of likely N-dealkylation sites (tertiary alicyclic amines) is 2. The molecule has 1 aromatic carbocycles. The van der Waals surface area contributed by atoms with Gasteiger partial charge in [-0.1, -0.05) is 30.3 Å². The van der Waals surface area contributed by atoms with Gasteiger partial charge in [0.2, 0.25) is 17.7 Å². The van der Waals surface area contributed by atoms with Crippen molar-refractivity contribution in [1.29, 1.82) is 0 Å². The molecule has 3 rings (SSSR count). The third-order valence-corrected chi connectivity index (χ3v) is 7.64. The maximum Gasteiger partial charge on any atom is 0.410 e. The molecule has 0 unspecified atom stereocenters. The quantitative estimate of drug-likeness (QED) is 0.322. The van der Waals surface area contributed by atoms with Crippen molar-refractivity contribution in [3.8, 4) is 0 Å². The van der Waals surface area contributed by atoms with Crippen LogP contribution in [0.3, 0.4) is 0 Å². The van der Waals surface area contributed by atoms with Crippen molar-refractivity contribution in [1.82, 2.24) is 20.4 Å². The third kappa shape index (κ3) is 10.7. The first-order valence-electron chi connectivity index (χ1n) is 14.3. The standard InChI is InChI=1S/C29H42N4O8/c1-40-17-13-25(34)31-24(28(37)38)18-30-27(36)23-8-5-14-33(19-23)26(35)10-9-21-11-15-32(16-12-21)29(39)41-20-22-6-3-2-4-7-22/h2-4,6-7,21,23-24H,5,8-20H2,1H3,(H,30,36)(H,31,34)(H,37,38)/t23-,24+/m1/s1. The molecular formula is C29H42N4O8. The Morgan fingerprint density at radius 3 is 2.41 bits per heavy atom. The van der Waals surface area contributed by atoms with Crippen molar-refractivity contribution >= 4 is 29.8 Å². The zero-order valence-corrected chi connectivity index (χ0v) is 23.7. The highest BCUT2D eigenvalue weighted by atomic mass is 16.6. The van der Waals surface area contributed by atoms with Gasteiger partial charge in [0.15, 0.2) is 0 Å². The number of hydrogen-bond donors (Lipinski definition) is 3. The fourth-order valence-corrected chi connectivity index (χ4v) is 5.13. The van der Waals surface area contributed by atoms with E-state index in [9.17, 15) is 29.1 Å². The number of carboxylic acid groups (broad SMARTS) is 1. The molecule has 0 aromatic heterocycles. The van der Waals surface area contributed by atoms with E-state index < -0.39 is 23.8 Å². The number of carbonyl (C=O) groups excluding carboxylic acids is 4. The van der Waals surface area contributed by atoms with Crippen LogP contribution in [0.1, 0.15) is 50.5 Å². The number of methoxy groups -OCH3 is 1. The lowest BCUT2D eigenvalue weighted by Crippen LogP contribution is -2.51. The normalized spacial score (nSPS) is 18.3. The first-order valence-corrected chi connectivity index (χ1v) is 14.3. The molecule has 12 nitrogen and oxygen atoms in total. The maximum absolute atomic E-state index is 12.9. The highest BCUT2D eigenvalue weighted by Gasteiger charge is 2.30. The second-order valence-electron chi connectivity index (χ2n) is 10.6. The maximum atomic E-state index is 12.9. The molecule has 0 spiro atoms. The number of nitrogens with zero attached hydrogens (tertiary/aromatic N) is 2. The Hall–Kier alpha value is -3.67. The lowest BCUT2D eigenvalue weighted by Gasteiger charge is -2.34. The summed E-state index contributed by atoms with van der Waals surface area (Å²) in [6.45, 7) is 2.24. The van der Waals surface area contributed by atoms with E-state index in [-0.39, 0.29) is 50.6 Å². The summed E-state index contributed by atoms with van der Waals surface area (Å²) in [6, 6.07) is 8.30. The number of benzene rings is 1. The van der Waals surface area contributed by atoms with Crippen molar-refractivity contribution in [3.05, 3.63) is 35.9 Å². The van der Waals surface area contributed by atoms with E-state index in [1.165, 1.54) is 7.11 Å². The van der Waals surface area contributed by atoms with E-state index in [2.05, 4.69) is 10.6 Å². The molecule has 0 aliphatic carbocycles. The minimum Gasteiger partial charge on any atom is -0.480 e. The van der Waals surface area contributed by atoms with E-state index >= 15 is 0 Å². The zero-order chi connectivity index (χ0) is 29.6. The molecule has 1 aromatic rings. The highest BCUT2D eigenvalue weighted by molar-refractivity contribution is 5.85. The summed E-state index contributed by atoms with van der Waals surface area (Å²) in [4.78, 5) is 64.9. The van der Waals surface area contributed by atoms with E-state index in [1.54, 1.807) is 9.80 Å². The number of carbonyl (C=O) groups is 5. The molecule has 4 amide bonds. The smallest absolute Gasteiger partial charge is 0.410 e. The Bertz CT molecular complexity index is 1030. The summed E-state index contributed by atoms with van der Waals surface area (Å²) in [7, 11) is 1.44. The van der Waals surface area contributed by atoms with Gasteiger partial charge in [-0.05, 0) is 43.6 Å². The van der Waals surface area contributed by atoms with Crippen LogP contribution in [-0.2, 0) is 35.3 Å². The highest BCUT2D eigenvalue weighted by Crippen LogP contribution is 2.24. The number of nitrogens with one attached hydrogen (secondary N) is 2. The number of carboxylic acids is 1. The largest absolute Gasteiger partial charge is 0.480 e. The van der Waals surface area contributed by atoms with E-state index in [4.69, 9.17) is 9.47 Å². The van der Waals surface area contributed by atoms with Crippen LogP contribution in [0.2, 0.25) is 0 Å². The molecule has 2 atom stereocenters. The Morgan fingerprint density at radius 2 is 1.73 bits per heavy atom. The van der Waals surface area contributed by atoms with Gasteiger partial charge in [-0.25, -0.2) is 9.59 Å². The minimum absolute atomic E-state index is 0.000944. The van der Waals surface area contributed by atoms with Crippen molar-refractivity contribution in [2.24, 2.45) is 11.8 Å². The monoisotopic (exact) mass is 574 g/mol. The molecule has 2 aliphatic rings. The van der Waals surface area contributed by atoms with Gasteiger partial charge in [0.1, 0.15) is 12.6 Å². The fraction of sp³-hybridized carbons (Fsp3) is 0.621. The van der Waals surface area contributed by atoms with Crippen LogP contribution in [0.25, 0.3) is 0 Å². The lowest BCUT2D eigenvalue weighted by atomic mass is 9.91. The molecule has 2 saturated heterocycles. The molecular weight excluding hydrogens is 532 g/mol. The van der Waals surface area contributed by atoms with Gasteiger partial charge < -0.3 is 35.0 Å². The summed E-state index contributed by atoms with van der Waals surface area (Å²) < 4.78 is 10.2. The van der Waals surface area contributed by atoms with Crippen molar-refractivity contribution in [2.45, 2.75) is 57.6 Å². The van der Waals surface area contributed by atoms with Crippen molar-refractivity contribution in [2.75, 3.05) is 46.4 Å². The van der Waals surface area contributed by atoms with Gasteiger partial charge in [-0.2, -0.15) is 0 Å². The van der Waals surface area contributed by atoms with Crippen molar-refractivity contribution < 1.29 is 38.6 Å². The summed E-state index contributed by atoms with van der Waals surface area (Å²) in [5.74, 6) is -2.14. The number of piperidine rings is 2. The number of hydrogen-bond acceptors (Lipinski definition) is 7. The molecule has 0 bridgehead atoms. The van der Waals surface area contributed by atoms with Gasteiger partial charge in [-0.3, -0.25) is 14.4 Å². The predicted octanol–water partition coefficient (Wildman–Crippen LogP) is 1.78. The molecule has 0 radical (unpaired) electrons. The first kappa shape index (κ1) is 31.9. The molecule has 2 aliphatic heterocycles. The molecule has 12 heteroatoms. The van der Waals surface area contributed by atoms with Gasteiger partial charge >= 0.3 is 12.1 Å². The van der Waals surface area contributed by atoms with Crippen LogP contribution in [0.4, 0.5) is 4.79 Å². The molecule has 0 saturated carbocycles. The minimum atomic E-state index is -1.25. The summed E-state index contributed by atoms with van der Waals surface area (Å²) >= 11 is 0. The van der Waals surface area contributed by atoms with Gasteiger partial charge in [-0.15, -0.1) is 0 Å². The van der Waals surface area contributed by atoms with Crippen LogP contribution < -0.4 is 10.6 Å². The van der Waals surface area contributed by atoms with Crippen LogP contribution in [-0.4, -0.2) is 97.2 Å². The third-order valence-electron chi connectivity index (χ3n) is 7.64. The molecule has 2 heterocycles. The van der Waals surface area contributed by atoms with Crippen LogP contribution in [0.15, 0.2) is 30.3 Å². The first-order chi connectivity index (χ1) is 19.8. The zero-order valence-electron chi connectivity index (χ0n) is 23.7. The summed E-state index contributed by atoms with van der Waals surface area (Å²) in [5, 5.41) is 14.4. The average Bonchev–Trinajstić information content (AvgIpc) is 3.00. The Kier molecular flexibility index (Phi) is 12.9. The number of rotatable bonds is 13. The lowest BCUT2D eigenvalue weighted by molar-refractivity contribution is -0.142. The van der Waals surface area contributed by atoms with Crippen LogP contribution in [0.5, 0.6) is 0 Å². The summed E-state index contributed by atoms with van der Waals surface area (Å²) in [6.07, 6.45) is 3.72. The van der Waals surface area contributed by atoms with Gasteiger partial charge in [0.05, 0.1) is 12.5 Å². The number of aliphatic carboxylic acids is 1. The van der Waals surface area contributed by atoms with E-state index in [0.29, 0.717) is 44.8 Å². The molecule has 41 heavy (non-hydrogen) atoms. The van der Waals surface area contributed by atoms with Crippen molar-refractivity contribution in [3.63, 3.8) is 0 Å². The Labute approximate surface area is 240 Å². The van der Waals surface area contributed by atoms with Gasteiger partial charge in [0.25, 0.3) is 0 Å². The Balaban J connectivity index is 1.35. The number of amides is 4. The predicted molar refractivity (Wildman–Crippen MR) is 149 cm³/mol. The second-order valence-corrected chi connectivity index (χ2v) is 10.6. The molecule has 2 fully saturated rings. The van der Waals surface area contributed by atoms with Crippen LogP contribution in [0, 0.1) is 11.8 Å². The Morgan fingerprint density at radius 1 is 1.00 bits per heavy atom. The van der Waals surface area contributed by atoms with E-state index in [0.717, 1.165) is 24.8 Å². The molecule has 3 N–H and O–H groups in total. The summed E-state index contributed by atoms with van der Waals surface area (Å²) in [5.41, 5.74) is 0.943.